The molecule has 0 saturated carbocycles. The molecule has 1 aliphatic carbocycles. The van der Waals surface area contributed by atoms with Crippen LogP contribution in [-0.4, -0.2) is 72.3 Å². The van der Waals surface area contributed by atoms with Crippen LogP contribution in [0.2, 0.25) is 0 Å². The highest BCUT2D eigenvalue weighted by molar-refractivity contribution is 9.09. The number of esters is 4. The van der Waals surface area contributed by atoms with Gasteiger partial charge >= 0.3 is 23.9 Å². The monoisotopic (exact) mass is 812 g/mol. The molecule has 3 aromatic rings. The van der Waals surface area contributed by atoms with E-state index in [0.717, 1.165) is 61.2 Å². The quantitative estimate of drug-likeness (QED) is 0.125. The minimum absolute atomic E-state index is 0.0799. The Morgan fingerprint density at radius 1 is 0.764 bits per heavy atom. The van der Waals surface area contributed by atoms with Crippen molar-refractivity contribution in [3.8, 4) is 0 Å². The van der Waals surface area contributed by atoms with E-state index in [1.54, 1.807) is 6.08 Å². The van der Waals surface area contributed by atoms with Crippen molar-refractivity contribution in [2.24, 2.45) is 5.92 Å². The van der Waals surface area contributed by atoms with Crippen LogP contribution < -0.4 is 0 Å². The number of allylic oxidation sites excluding steroid dienone is 5. The summed E-state index contributed by atoms with van der Waals surface area (Å²) in [4.78, 5) is 69.1. The number of carbonyl (C=O) groups is 4. The molecule has 3 atom stereocenters. The summed E-state index contributed by atoms with van der Waals surface area (Å²) in [5.74, 6) is -2.97. The fourth-order valence-electron chi connectivity index (χ4n) is 8.03. The maximum Gasteiger partial charge on any atom is 0.334 e. The van der Waals surface area contributed by atoms with Crippen molar-refractivity contribution in [3.63, 3.8) is 0 Å². The van der Waals surface area contributed by atoms with Crippen LogP contribution in [0.15, 0.2) is 42.0 Å². The molecule has 5 heterocycles. The molecule has 0 saturated heterocycles. The maximum atomic E-state index is 13.8. The van der Waals surface area contributed by atoms with E-state index in [9.17, 15) is 19.2 Å². The molecule has 12 nitrogen and oxygen atoms in total. The number of alkyl halides is 1. The van der Waals surface area contributed by atoms with Gasteiger partial charge in [0.05, 0.1) is 62.2 Å². The molecule has 288 valence electrons. The first kappa shape index (κ1) is 39.4. The van der Waals surface area contributed by atoms with Gasteiger partial charge in [0, 0.05) is 39.7 Å². The Bertz CT molecular complexity index is 2400. The number of aromatic amines is 2. The molecule has 8 bridgehead atoms. The van der Waals surface area contributed by atoms with E-state index in [4.69, 9.17) is 28.9 Å². The second kappa shape index (κ2) is 15.4. The zero-order chi connectivity index (χ0) is 39.9. The third-order valence-corrected chi connectivity index (χ3v) is 11.6. The lowest BCUT2D eigenvalue weighted by Crippen LogP contribution is -2.42. The van der Waals surface area contributed by atoms with Gasteiger partial charge in [-0.05, 0) is 111 Å². The Labute approximate surface area is 327 Å². The smallest absolute Gasteiger partial charge is 0.334 e. The lowest BCUT2D eigenvalue weighted by molar-refractivity contribution is -0.149. The molecule has 0 radical (unpaired) electrons. The number of aromatic nitrogens is 4. The third kappa shape index (κ3) is 6.94. The van der Waals surface area contributed by atoms with Gasteiger partial charge in [0.15, 0.2) is 0 Å². The van der Waals surface area contributed by atoms with Gasteiger partial charge in [-0.15, -0.1) is 0 Å². The van der Waals surface area contributed by atoms with Gasteiger partial charge in [-0.3, -0.25) is 19.4 Å². The first-order valence-corrected chi connectivity index (χ1v) is 18.9. The van der Waals surface area contributed by atoms with Crippen LogP contribution in [0.5, 0.6) is 0 Å². The summed E-state index contributed by atoms with van der Waals surface area (Å²) in [5.41, 5.74) is 10.9. The fraction of sp³-hybridized carbons (Fsp3) is 0.381. The summed E-state index contributed by atoms with van der Waals surface area (Å²) in [6.45, 7) is 9.94. The van der Waals surface area contributed by atoms with E-state index in [1.807, 2.05) is 65.0 Å². The Kier molecular flexibility index (Phi) is 11.1. The number of nitrogens with one attached hydrogen (secondary N) is 2. The number of hydrogen-bond donors (Lipinski definition) is 2. The standard InChI is InChI=1S/C42H45BrN4O8/c1-20-24(11-14-36(48)52-6)31-18-32-25(12-15-37(49)53-7)21(2)29(45-32)17-33-27-13-10-26(40(50)54-8)39(41(51)55-9)42(27,5)35(47-33)19-34-38(23(4)43)22(3)30(46-34)16-28(20)44-31/h10,13,16-19,23,39,45-46H,11-12,14-15H2,1-9H3/t23?,39-,42-/m1/s1. The van der Waals surface area contributed by atoms with E-state index >= 15 is 0 Å². The van der Waals surface area contributed by atoms with Gasteiger partial charge in [0.2, 0.25) is 0 Å². The number of ether oxygens (including phenoxy) is 4. The molecule has 2 N–H and O–H groups in total. The van der Waals surface area contributed by atoms with Crippen molar-refractivity contribution in [1.29, 1.82) is 0 Å². The van der Waals surface area contributed by atoms with Gasteiger partial charge in [-0.2, -0.15) is 0 Å². The van der Waals surface area contributed by atoms with Crippen molar-refractivity contribution in [2.75, 3.05) is 28.4 Å². The summed E-state index contributed by atoms with van der Waals surface area (Å²) in [6, 6.07) is 7.83. The summed E-state index contributed by atoms with van der Waals surface area (Å²) >= 11 is 3.81. The second-order valence-electron chi connectivity index (χ2n) is 14.1. The van der Waals surface area contributed by atoms with Crippen LogP contribution in [0.3, 0.4) is 0 Å². The fourth-order valence-corrected chi connectivity index (χ4v) is 8.62. The lowest BCUT2D eigenvalue weighted by Gasteiger charge is -2.36. The number of fused-ring (bicyclic) bond motifs is 11. The average molecular weight is 814 g/mol. The van der Waals surface area contributed by atoms with E-state index < -0.39 is 23.3 Å². The molecule has 0 aromatic carbocycles. The molecule has 6 rings (SSSR count). The van der Waals surface area contributed by atoms with E-state index in [0.29, 0.717) is 35.5 Å². The average Bonchev–Trinajstić information content (AvgIpc) is 3.82. The molecular weight excluding hydrogens is 768 g/mol. The van der Waals surface area contributed by atoms with Crippen LogP contribution in [-0.2, 0) is 50.0 Å². The van der Waals surface area contributed by atoms with E-state index in [1.165, 1.54) is 28.4 Å². The predicted molar refractivity (Wildman–Crippen MR) is 213 cm³/mol. The van der Waals surface area contributed by atoms with Crippen LogP contribution in [0.4, 0.5) is 0 Å². The highest BCUT2D eigenvalue weighted by atomic mass is 79.9. The first-order chi connectivity index (χ1) is 26.2. The zero-order valence-corrected chi connectivity index (χ0v) is 34.1. The Morgan fingerprint density at radius 3 is 2.02 bits per heavy atom. The van der Waals surface area contributed by atoms with Gasteiger partial charge in [0.25, 0.3) is 0 Å². The van der Waals surface area contributed by atoms with Crippen LogP contribution in [0.25, 0.3) is 38.8 Å². The van der Waals surface area contributed by atoms with Crippen LogP contribution in [0, 0.1) is 19.8 Å². The van der Waals surface area contributed by atoms with Crippen molar-refractivity contribution in [2.45, 2.75) is 70.5 Å². The number of methoxy groups -OCH3 is 4. The van der Waals surface area contributed by atoms with Gasteiger partial charge < -0.3 is 28.9 Å². The molecular formula is C42H45BrN4O8. The Balaban J connectivity index is 1.77. The molecule has 0 amide bonds. The number of halogens is 1. The van der Waals surface area contributed by atoms with Crippen molar-refractivity contribution >= 4 is 78.6 Å². The lowest BCUT2D eigenvalue weighted by atomic mass is 9.64. The Morgan fingerprint density at radius 2 is 1.38 bits per heavy atom. The third-order valence-electron chi connectivity index (χ3n) is 11.1. The van der Waals surface area contributed by atoms with Gasteiger partial charge in [-0.25, -0.2) is 9.78 Å². The predicted octanol–water partition coefficient (Wildman–Crippen LogP) is 7.62. The normalized spacial score (nSPS) is 18.2. The zero-order valence-electron chi connectivity index (χ0n) is 32.5. The minimum Gasteiger partial charge on any atom is -0.469 e. The first-order valence-electron chi connectivity index (χ1n) is 18.0. The van der Waals surface area contributed by atoms with Gasteiger partial charge in [-0.1, -0.05) is 28.1 Å². The molecule has 55 heavy (non-hydrogen) atoms. The topological polar surface area (TPSA) is 163 Å². The molecule has 0 fully saturated rings. The number of carbonyl (C=O) groups excluding carboxylic acids is 4. The summed E-state index contributed by atoms with van der Waals surface area (Å²) in [5, 5.41) is 0. The molecule has 3 aliphatic rings. The number of nitrogens with zero attached hydrogens (tertiary/aromatic N) is 2. The van der Waals surface area contributed by atoms with E-state index in [-0.39, 0.29) is 35.2 Å². The molecule has 1 unspecified atom stereocenters. The second-order valence-corrected chi connectivity index (χ2v) is 15.5. The van der Waals surface area contributed by atoms with Crippen molar-refractivity contribution < 1.29 is 38.1 Å². The van der Waals surface area contributed by atoms with Crippen molar-refractivity contribution in [3.05, 3.63) is 87.0 Å². The largest absolute Gasteiger partial charge is 0.469 e. The number of rotatable bonds is 9. The number of hydrogen-bond acceptors (Lipinski definition) is 10. The minimum atomic E-state index is -1.14. The van der Waals surface area contributed by atoms with Crippen LogP contribution in [0.1, 0.15) is 89.9 Å². The SMILES string of the molecule is COC(=O)CCC1=C(C)c2cc3[nH]c(cc4nc(cc5[nH]c(cc1n2)c(CCC(=O)OC)c5C)C1=CC=C(C(=O)OC)[C@H](C(=O)OC)[C@]14C)c(C(C)Br)c3C. The van der Waals surface area contributed by atoms with Crippen molar-refractivity contribution in [1.82, 2.24) is 19.9 Å². The highest BCUT2D eigenvalue weighted by Gasteiger charge is 2.53. The molecule has 3 aromatic heterocycles. The van der Waals surface area contributed by atoms with E-state index in [2.05, 4.69) is 25.9 Å². The summed E-state index contributed by atoms with van der Waals surface area (Å²) in [6.07, 6.45) is 4.56. The maximum absolute atomic E-state index is 13.8. The number of aryl methyl sites for hydroxylation is 3. The van der Waals surface area contributed by atoms with Gasteiger partial charge in [0.1, 0.15) is 5.92 Å². The Hall–Kier alpha value is -5.30. The molecule has 13 heteroatoms. The van der Waals surface area contributed by atoms with Crippen LogP contribution >= 0.6 is 15.9 Å². The summed E-state index contributed by atoms with van der Waals surface area (Å²) < 4.78 is 20.5. The highest BCUT2D eigenvalue weighted by Crippen LogP contribution is 2.52. The number of H-pyrrole nitrogens is 2. The molecule has 0 spiro atoms. The summed E-state index contributed by atoms with van der Waals surface area (Å²) in [7, 11) is 5.32. The molecule has 2 aliphatic heterocycles.